The van der Waals surface area contributed by atoms with Gasteiger partial charge in [0.25, 0.3) is 0 Å². The lowest BCUT2D eigenvalue weighted by Gasteiger charge is -2.06. The Kier molecular flexibility index (Phi) is 3.58. The van der Waals surface area contributed by atoms with Crippen LogP contribution in [0.5, 0.6) is 0 Å². The maximum atomic E-state index is 10.9. The van der Waals surface area contributed by atoms with Crippen LogP contribution in [0.1, 0.15) is 21.9 Å². The number of nitrogens with one attached hydrogen (secondary N) is 1. The summed E-state index contributed by atoms with van der Waals surface area (Å²) < 4.78 is 5.40. The van der Waals surface area contributed by atoms with Gasteiger partial charge in [-0.2, -0.15) is 0 Å². The van der Waals surface area contributed by atoms with E-state index in [2.05, 4.69) is 5.32 Å². The van der Waals surface area contributed by atoms with E-state index in [9.17, 15) is 4.79 Å². The van der Waals surface area contributed by atoms with Crippen molar-refractivity contribution in [3.8, 4) is 0 Å². The van der Waals surface area contributed by atoms with Gasteiger partial charge < -0.3 is 14.8 Å². The monoisotopic (exact) mass is 265 g/mol. The zero-order valence-electron chi connectivity index (χ0n) is 9.74. The van der Waals surface area contributed by atoms with Gasteiger partial charge in [0.2, 0.25) is 0 Å². The summed E-state index contributed by atoms with van der Waals surface area (Å²) in [6.45, 7) is 2.36. The van der Waals surface area contributed by atoms with Crippen molar-refractivity contribution in [3.63, 3.8) is 0 Å². The number of benzene rings is 1. The summed E-state index contributed by atoms with van der Waals surface area (Å²) in [4.78, 5) is 10.9. The number of rotatable bonds is 4. The lowest BCUT2D eigenvalue weighted by atomic mass is 10.2. The fourth-order valence-corrected chi connectivity index (χ4v) is 1.77. The highest BCUT2D eigenvalue weighted by Crippen LogP contribution is 2.21. The van der Waals surface area contributed by atoms with Crippen molar-refractivity contribution >= 4 is 23.3 Å². The first-order valence-electron chi connectivity index (χ1n) is 5.38. The van der Waals surface area contributed by atoms with E-state index in [-0.39, 0.29) is 10.6 Å². The molecular formula is C13H12ClNO3. The van der Waals surface area contributed by atoms with Crippen LogP contribution >= 0.6 is 11.6 Å². The normalized spacial score (nSPS) is 10.3. The summed E-state index contributed by atoms with van der Waals surface area (Å²) in [6, 6.07) is 8.53. The second-order valence-corrected chi connectivity index (χ2v) is 4.27. The number of carbonyl (C=O) groups is 1. The van der Waals surface area contributed by atoms with Gasteiger partial charge in [-0.1, -0.05) is 11.6 Å². The molecule has 94 valence electrons. The number of aryl methyl sites for hydroxylation is 1. The van der Waals surface area contributed by atoms with Crippen molar-refractivity contribution in [1.29, 1.82) is 0 Å². The Bertz CT molecular complexity index is 577. The molecule has 18 heavy (non-hydrogen) atoms. The summed E-state index contributed by atoms with van der Waals surface area (Å²) in [7, 11) is 0. The second kappa shape index (κ2) is 5.14. The predicted octanol–water partition coefficient (Wildman–Crippen LogP) is 3.55. The van der Waals surface area contributed by atoms with E-state index < -0.39 is 5.97 Å². The van der Waals surface area contributed by atoms with Crippen LogP contribution in [-0.4, -0.2) is 11.1 Å². The van der Waals surface area contributed by atoms with Crippen LogP contribution in [0.25, 0.3) is 0 Å². The molecule has 0 saturated heterocycles. The molecule has 2 rings (SSSR count). The second-order valence-electron chi connectivity index (χ2n) is 3.87. The van der Waals surface area contributed by atoms with Crippen LogP contribution in [0.2, 0.25) is 5.02 Å². The largest absolute Gasteiger partial charge is 0.478 e. The van der Waals surface area contributed by atoms with Crippen LogP contribution < -0.4 is 5.32 Å². The number of hydrogen-bond donors (Lipinski definition) is 2. The highest BCUT2D eigenvalue weighted by Gasteiger charge is 2.09. The lowest BCUT2D eigenvalue weighted by Crippen LogP contribution is -2.02. The van der Waals surface area contributed by atoms with E-state index in [0.717, 1.165) is 11.5 Å². The SMILES string of the molecule is Cc1ccc(CNc2ccc(Cl)c(C(=O)O)c2)o1. The average molecular weight is 266 g/mol. The Morgan fingerprint density at radius 1 is 1.39 bits per heavy atom. The van der Waals surface area contributed by atoms with Crippen LogP contribution in [0.4, 0.5) is 5.69 Å². The summed E-state index contributed by atoms with van der Waals surface area (Å²) in [5, 5.41) is 12.3. The minimum atomic E-state index is -1.04. The third-order valence-electron chi connectivity index (χ3n) is 2.46. The molecule has 0 radical (unpaired) electrons. The number of carboxylic acids is 1. The van der Waals surface area contributed by atoms with Gasteiger partial charge >= 0.3 is 5.97 Å². The predicted molar refractivity (Wildman–Crippen MR) is 69.2 cm³/mol. The molecule has 0 saturated carbocycles. The molecule has 2 N–H and O–H groups in total. The lowest BCUT2D eigenvalue weighted by molar-refractivity contribution is 0.0697. The standard InChI is InChI=1S/C13H12ClNO3/c1-8-2-4-10(18-8)7-15-9-3-5-12(14)11(6-9)13(16)17/h2-6,15H,7H2,1H3,(H,16,17). The first-order chi connectivity index (χ1) is 8.56. The molecule has 0 aliphatic rings. The van der Waals surface area contributed by atoms with Crippen molar-refractivity contribution in [2.75, 3.05) is 5.32 Å². The summed E-state index contributed by atoms with van der Waals surface area (Å²) >= 11 is 5.78. The Hall–Kier alpha value is -1.94. The van der Waals surface area contributed by atoms with Crippen molar-refractivity contribution in [1.82, 2.24) is 0 Å². The molecule has 1 aromatic carbocycles. The molecule has 4 nitrogen and oxygen atoms in total. The van der Waals surface area contributed by atoms with Gasteiger partial charge in [0.1, 0.15) is 11.5 Å². The van der Waals surface area contributed by atoms with Gasteiger partial charge in [0.05, 0.1) is 17.1 Å². The van der Waals surface area contributed by atoms with Gasteiger partial charge in [-0.15, -0.1) is 0 Å². The smallest absolute Gasteiger partial charge is 0.337 e. The van der Waals surface area contributed by atoms with E-state index in [4.69, 9.17) is 21.1 Å². The van der Waals surface area contributed by atoms with Crippen LogP contribution in [0.3, 0.4) is 0 Å². The van der Waals surface area contributed by atoms with Crippen molar-refractivity contribution < 1.29 is 14.3 Å². The topological polar surface area (TPSA) is 62.5 Å². The van der Waals surface area contributed by atoms with E-state index in [0.29, 0.717) is 12.2 Å². The third kappa shape index (κ3) is 2.84. The molecule has 0 aliphatic carbocycles. The maximum Gasteiger partial charge on any atom is 0.337 e. The molecule has 0 spiro atoms. The van der Waals surface area contributed by atoms with Crippen molar-refractivity contribution in [2.24, 2.45) is 0 Å². The zero-order chi connectivity index (χ0) is 13.1. The van der Waals surface area contributed by atoms with E-state index in [1.807, 2.05) is 19.1 Å². The summed E-state index contributed by atoms with van der Waals surface area (Å²) in [5.74, 6) is 0.589. The summed E-state index contributed by atoms with van der Waals surface area (Å²) in [5.41, 5.74) is 0.767. The van der Waals surface area contributed by atoms with Gasteiger partial charge in [-0.3, -0.25) is 0 Å². The Morgan fingerprint density at radius 2 is 2.17 bits per heavy atom. The Labute approximate surface area is 109 Å². The van der Waals surface area contributed by atoms with E-state index in [1.165, 1.54) is 6.07 Å². The number of halogens is 1. The van der Waals surface area contributed by atoms with Crippen LogP contribution in [0, 0.1) is 6.92 Å². The molecule has 0 fully saturated rings. The molecule has 0 unspecified atom stereocenters. The number of carboxylic acid groups (broad SMARTS) is 1. The van der Waals surface area contributed by atoms with Crippen molar-refractivity contribution in [3.05, 3.63) is 52.4 Å². The van der Waals surface area contributed by atoms with Crippen LogP contribution in [-0.2, 0) is 6.54 Å². The number of anilines is 1. The molecule has 0 amide bonds. The highest BCUT2D eigenvalue weighted by molar-refractivity contribution is 6.33. The van der Waals surface area contributed by atoms with E-state index >= 15 is 0 Å². The molecule has 0 bridgehead atoms. The minimum Gasteiger partial charge on any atom is -0.478 e. The third-order valence-corrected chi connectivity index (χ3v) is 2.79. The molecule has 0 aliphatic heterocycles. The Balaban J connectivity index is 2.10. The number of aromatic carboxylic acids is 1. The molecule has 5 heteroatoms. The number of hydrogen-bond acceptors (Lipinski definition) is 3. The number of furan rings is 1. The fourth-order valence-electron chi connectivity index (χ4n) is 1.57. The highest BCUT2D eigenvalue weighted by atomic mass is 35.5. The molecule has 2 aromatic rings. The first kappa shape index (κ1) is 12.5. The summed E-state index contributed by atoms with van der Waals surface area (Å²) in [6.07, 6.45) is 0. The minimum absolute atomic E-state index is 0.0808. The maximum absolute atomic E-state index is 10.9. The quantitative estimate of drug-likeness (QED) is 0.887. The molecular weight excluding hydrogens is 254 g/mol. The fraction of sp³-hybridized carbons (Fsp3) is 0.154. The Morgan fingerprint density at radius 3 is 2.78 bits per heavy atom. The van der Waals surface area contributed by atoms with Crippen molar-refractivity contribution in [2.45, 2.75) is 13.5 Å². The molecule has 1 aromatic heterocycles. The van der Waals surface area contributed by atoms with Gasteiger partial charge in [0, 0.05) is 5.69 Å². The molecule has 1 heterocycles. The average Bonchev–Trinajstić information content (AvgIpc) is 2.74. The van der Waals surface area contributed by atoms with Gasteiger partial charge in [-0.25, -0.2) is 4.79 Å². The van der Waals surface area contributed by atoms with Crippen LogP contribution in [0.15, 0.2) is 34.7 Å². The van der Waals surface area contributed by atoms with Gasteiger partial charge in [-0.05, 0) is 37.3 Å². The first-order valence-corrected chi connectivity index (χ1v) is 5.76. The van der Waals surface area contributed by atoms with Gasteiger partial charge in [0.15, 0.2) is 0 Å². The zero-order valence-corrected chi connectivity index (χ0v) is 10.5. The molecule has 0 atom stereocenters. The van der Waals surface area contributed by atoms with E-state index in [1.54, 1.807) is 12.1 Å².